The molecule has 4 aliphatic carbocycles. The van der Waals surface area contributed by atoms with Crippen LogP contribution in [0.1, 0.15) is 56.2 Å². The minimum Gasteiger partial charge on any atom is -0.467 e. The highest BCUT2D eigenvalue weighted by molar-refractivity contribution is 5.68. The second-order valence-corrected chi connectivity index (χ2v) is 9.03. The summed E-state index contributed by atoms with van der Waals surface area (Å²) in [4.78, 5) is 13.2. The van der Waals surface area contributed by atoms with Crippen LogP contribution in [0.4, 0.5) is 5.69 Å². The van der Waals surface area contributed by atoms with Crippen molar-refractivity contribution in [1.82, 2.24) is 20.1 Å². The molecule has 7 rings (SSSR count). The van der Waals surface area contributed by atoms with Crippen LogP contribution in [0.5, 0.6) is 6.01 Å². The van der Waals surface area contributed by atoms with Gasteiger partial charge in [0.05, 0.1) is 12.8 Å². The number of rotatable bonds is 7. The number of ether oxygens (including phenoxy) is 1. The van der Waals surface area contributed by atoms with E-state index in [-0.39, 0.29) is 0 Å². The van der Waals surface area contributed by atoms with E-state index in [4.69, 9.17) is 9.26 Å². The Hall–Kier alpha value is -3.22. The molecule has 2 heterocycles. The van der Waals surface area contributed by atoms with E-state index in [1.165, 1.54) is 24.0 Å². The van der Waals surface area contributed by atoms with Crippen molar-refractivity contribution in [2.24, 2.45) is 5.41 Å². The van der Waals surface area contributed by atoms with Crippen LogP contribution in [0.25, 0.3) is 16.8 Å². The van der Waals surface area contributed by atoms with Crippen molar-refractivity contribution < 1.29 is 9.26 Å². The van der Waals surface area contributed by atoms with Crippen LogP contribution in [0.15, 0.2) is 46.6 Å². The fourth-order valence-electron chi connectivity index (χ4n) is 4.82. The van der Waals surface area contributed by atoms with E-state index in [0.717, 1.165) is 60.9 Å². The van der Waals surface area contributed by atoms with Gasteiger partial charge >= 0.3 is 6.01 Å². The van der Waals surface area contributed by atoms with Crippen molar-refractivity contribution in [3.63, 3.8) is 0 Å². The second kappa shape index (κ2) is 7.18. The zero-order valence-corrected chi connectivity index (χ0v) is 17.6. The smallest absolute Gasteiger partial charge is 0.316 e. The molecule has 0 aliphatic heterocycles. The zero-order valence-electron chi connectivity index (χ0n) is 17.6. The topological polar surface area (TPSA) is 86.0 Å². The molecule has 2 saturated carbocycles. The summed E-state index contributed by atoms with van der Waals surface area (Å²) in [7, 11) is 1.58. The van der Waals surface area contributed by atoms with E-state index in [0.29, 0.717) is 17.3 Å². The molecule has 2 fully saturated rings. The Morgan fingerprint density at radius 1 is 1.19 bits per heavy atom. The molecule has 0 radical (unpaired) electrons. The van der Waals surface area contributed by atoms with Gasteiger partial charge in [0.25, 0.3) is 5.89 Å². The average Bonchev–Trinajstić information content (AvgIpc) is 3.54. The maximum atomic E-state index is 5.58. The van der Waals surface area contributed by atoms with E-state index in [1.54, 1.807) is 13.3 Å². The lowest BCUT2D eigenvalue weighted by Gasteiger charge is -2.49. The third-order valence-electron chi connectivity index (χ3n) is 6.79. The first kappa shape index (κ1) is 18.5. The first-order valence-electron chi connectivity index (χ1n) is 11.0. The lowest BCUT2D eigenvalue weighted by atomic mass is 9.57. The van der Waals surface area contributed by atoms with Crippen LogP contribution in [0.2, 0.25) is 0 Å². The Morgan fingerprint density at radius 2 is 2.10 bits per heavy atom. The predicted molar refractivity (Wildman–Crippen MR) is 117 cm³/mol. The first-order valence-corrected chi connectivity index (χ1v) is 11.0. The fraction of sp³-hybridized carbons (Fsp3) is 0.417. The van der Waals surface area contributed by atoms with Gasteiger partial charge in [-0.05, 0) is 62.1 Å². The Labute approximate surface area is 181 Å². The van der Waals surface area contributed by atoms with Crippen molar-refractivity contribution >= 4 is 11.3 Å². The largest absolute Gasteiger partial charge is 0.467 e. The monoisotopic (exact) mass is 415 g/mol. The third-order valence-corrected chi connectivity index (χ3v) is 6.79. The number of benzene rings is 1. The van der Waals surface area contributed by atoms with Crippen molar-refractivity contribution in [3.8, 4) is 17.3 Å². The predicted octanol–water partition coefficient (Wildman–Crippen LogP) is 4.85. The molecule has 0 amide bonds. The molecule has 3 aromatic rings. The van der Waals surface area contributed by atoms with Crippen LogP contribution in [0.3, 0.4) is 0 Å². The molecule has 7 heteroatoms. The third kappa shape index (κ3) is 3.48. The second-order valence-electron chi connectivity index (χ2n) is 9.03. The number of methoxy groups -OCH3 is 1. The van der Waals surface area contributed by atoms with Gasteiger partial charge in [-0.15, -0.1) is 0 Å². The number of nitrogens with one attached hydrogen (secondary N) is 1. The van der Waals surface area contributed by atoms with Gasteiger partial charge < -0.3 is 14.6 Å². The number of allylic oxidation sites excluding steroid dienone is 2. The van der Waals surface area contributed by atoms with Crippen LogP contribution in [-0.2, 0) is 0 Å². The van der Waals surface area contributed by atoms with E-state index >= 15 is 0 Å². The number of hydrogen-bond acceptors (Lipinski definition) is 7. The van der Waals surface area contributed by atoms with E-state index < -0.39 is 0 Å². The highest BCUT2D eigenvalue weighted by Gasteiger charge is 2.46. The lowest BCUT2D eigenvalue weighted by molar-refractivity contribution is 0.191. The Kier molecular flexibility index (Phi) is 4.30. The molecule has 31 heavy (non-hydrogen) atoms. The molecule has 0 unspecified atom stereocenters. The first-order chi connectivity index (χ1) is 15.2. The van der Waals surface area contributed by atoms with Crippen LogP contribution < -0.4 is 10.1 Å². The van der Waals surface area contributed by atoms with Gasteiger partial charge in [0, 0.05) is 35.5 Å². The summed E-state index contributed by atoms with van der Waals surface area (Å²) in [5.41, 5.74) is 6.16. The van der Waals surface area contributed by atoms with Gasteiger partial charge in [-0.1, -0.05) is 22.9 Å². The van der Waals surface area contributed by atoms with Crippen LogP contribution in [-0.4, -0.2) is 33.8 Å². The van der Waals surface area contributed by atoms with Gasteiger partial charge in [-0.3, -0.25) is 0 Å². The number of fused-ring (bicyclic) bond motifs is 2. The molecule has 0 spiro atoms. The molecular formula is C24H25N5O2. The zero-order chi connectivity index (χ0) is 20.8. The van der Waals surface area contributed by atoms with Gasteiger partial charge in [0.2, 0.25) is 0 Å². The number of hydrogen-bond donors (Lipinski definition) is 1. The molecule has 1 N–H and O–H groups in total. The molecule has 2 aromatic heterocycles. The maximum Gasteiger partial charge on any atom is 0.316 e. The standard InChI is InChI=1S/C24H25N5O2/c1-30-23-25-10-8-20(27-23)16-3-2-4-18(11-16)26-14-24-9-7-19(17(12-24)13-24)22-28-21(29-31-22)15-5-6-15/h2-4,8,10-11,15,26H,5-7,9,12-14H2,1H3. The minimum atomic E-state index is 0.340. The quantitative estimate of drug-likeness (QED) is 0.590. The summed E-state index contributed by atoms with van der Waals surface area (Å²) in [5, 5.41) is 7.86. The van der Waals surface area contributed by atoms with Crippen LogP contribution in [0, 0.1) is 5.41 Å². The highest BCUT2D eigenvalue weighted by Crippen LogP contribution is 2.57. The summed E-state index contributed by atoms with van der Waals surface area (Å²) < 4.78 is 10.7. The Morgan fingerprint density at radius 3 is 2.87 bits per heavy atom. The van der Waals surface area contributed by atoms with Crippen molar-refractivity contribution in [1.29, 1.82) is 0 Å². The normalized spacial score (nSPS) is 19.1. The fourth-order valence-corrected chi connectivity index (χ4v) is 4.82. The molecule has 7 nitrogen and oxygen atoms in total. The van der Waals surface area contributed by atoms with Crippen LogP contribution >= 0.6 is 0 Å². The summed E-state index contributed by atoms with van der Waals surface area (Å²) in [6.07, 6.45) is 8.56. The van der Waals surface area contributed by atoms with E-state index in [2.05, 4.69) is 49.7 Å². The summed E-state index contributed by atoms with van der Waals surface area (Å²) in [5.74, 6) is 2.21. The number of aromatic nitrogens is 4. The Balaban J connectivity index is 1.12. The lowest BCUT2D eigenvalue weighted by Crippen LogP contribution is -2.41. The summed E-state index contributed by atoms with van der Waals surface area (Å²) in [6, 6.07) is 10.6. The summed E-state index contributed by atoms with van der Waals surface area (Å²) >= 11 is 0. The SMILES string of the molecule is COc1nccc(-c2cccc(NCC34CCC(c5nc(C6CC6)no5)=C(C3)C4)c2)n1. The average molecular weight is 415 g/mol. The molecule has 4 aliphatic rings. The number of nitrogens with zero attached hydrogens (tertiary/aromatic N) is 4. The molecule has 1 aromatic carbocycles. The van der Waals surface area contributed by atoms with E-state index in [9.17, 15) is 0 Å². The molecule has 0 saturated heterocycles. The molecule has 2 bridgehead atoms. The van der Waals surface area contributed by atoms with Crippen molar-refractivity contribution in [3.05, 3.63) is 53.8 Å². The van der Waals surface area contributed by atoms with Gasteiger partial charge in [0.15, 0.2) is 5.82 Å². The van der Waals surface area contributed by atoms with Gasteiger partial charge in [0.1, 0.15) is 0 Å². The summed E-state index contributed by atoms with van der Waals surface area (Å²) in [6.45, 7) is 0.970. The molecule has 158 valence electrons. The maximum absolute atomic E-state index is 5.58. The van der Waals surface area contributed by atoms with Crippen molar-refractivity contribution in [2.45, 2.75) is 44.4 Å². The molecular weight excluding hydrogens is 390 g/mol. The Bertz CT molecular complexity index is 1160. The number of anilines is 1. The minimum absolute atomic E-state index is 0.340. The van der Waals surface area contributed by atoms with E-state index in [1.807, 2.05) is 6.07 Å². The highest BCUT2D eigenvalue weighted by atomic mass is 16.5. The van der Waals surface area contributed by atoms with Gasteiger partial charge in [-0.2, -0.15) is 9.97 Å². The van der Waals surface area contributed by atoms with Crippen molar-refractivity contribution in [2.75, 3.05) is 19.0 Å². The van der Waals surface area contributed by atoms with Gasteiger partial charge in [-0.25, -0.2) is 4.98 Å². The molecule has 0 atom stereocenters.